The number of H-pyrrole nitrogens is 1. The van der Waals surface area contributed by atoms with Crippen LogP contribution in [-0.4, -0.2) is 22.5 Å². The number of urea groups is 1. The molecular formula is C27H26ClN3O2. The van der Waals surface area contributed by atoms with Gasteiger partial charge in [-0.1, -0.05) is 54.9 Å². The Kier molecular flexibility index (Phi) is 7.10. The Morgan fingerprint density at radius 3 is 2.45 bits per heavy atom. The third-order valence-corrected chi connectivity index (χ3v) is 5.90. The van der Waals surface area contributed by atoms with E-state index in [0.717, 1.165) is 22.9 Å². The quantitative estimate of drug-likeness (QED) is 0.355. The summed E-state index contributed by atoms with van der Waals surface area (Å²) in [5.74, 6) is 0. The van der Waals surface area contributed by atoms with Gasteiger partial charge < -0.3 is 15.2 Å². The summed E-state index contributed by atoms with van der Waals surface area (Å²) in [4.78, 5) is 30.6. The van der Waals surface area contributed by atoms with E-state index >= 15 is 0 Å². The van der Waals surface area contributed by atoms with Crippen molar-refractivity contribution in [3.05, 3.63) is 111 Å². The van der Waals surface area contributed by atoms with Crippen molar-refractivity contribution in [1.82, 2.24) is 9.88 Å². The van der Waals surface area contributed by atoms with Crippen LogP contribution < -0.4 is 10.9 Å². The normalized spacial score (nSPS) is 10.8. The number of halogens is 1. The van der Waals surface area contributed by atoms with Crippen molar-refractivity contribution in [3.63, 3.8) is 0 Å². The van der Waals surface area contributed by atoms with Crippen LogP contribution in [0.3, 0.4) is 0 Å². The van der Waals surface area contributed by atoms with E-state index in [0.29, 0.717) is 29.2 Å². The first-order chi connectivity index (χ1) is 16.0. The number of aromatic amines is 1. The molecule has 0 unspecified atom stereocenters. The molecule has 4 aromatic rings. The average molecular weight is 460 g/mol. The molecule has 0 bridgehead atoms. The molecule has 2 N–H and O–H groups in total. The van der Waals surface area contributed by atoms with Gasteiger partial charge >= 0.3 is 6.03 Å². The minimum atomic E-state index is -0.268. The minimum absolute atomic E-state index is 0.184. The number of aromatic nitrogens is 1. The van der Waals surface area contributed by atoms with E-state index in [4.69, 9.17) is 11.6 Å². The summed E-state index contributed by atoms with van der Waals surface area (Å²) >= 11 is 5.96. The maximum atomic E-state index is 13.2. The van der Waals surface area contributed by atoms with Gasteiger partial charge in [-0.2, -0.15) is 0 Å². The molecule has 4 rings (SSSR count). The van der Waals surface area contributed by atoms with Crippen LogP contribution in [0.1, 0.15) is 23.6 Å². The number of nitrogens with one attached hydrogen (secondary N) is 2. The number of aryl methyl sites for hydroxylation is 1. The topological polar surface area (TPSA) is 65.2 Å². The number of carbonyl (C=O) groups is 1. The van der Waals surface area contributed by atoms with Crippen molar-refractivity contribution in [2.45, 2.75) is 26.3 Å². The van der Waals surface area contributed by atoms with E-state index < -0.39 is 0 Å². The van der Waals surface area contributed by atoms with Gasteiger partial charge in [0.2, 0.25) is 0 Å². The molecule has 0 atom stereocenters. The molecule has 3 aromatic carbocycles. The lowest BCUT2D eigenvalue weighted by Crippen LogP contribution is -2.37. The minimum Gasteiger partial charge on any atom is -0.322 e. The number of pyridine rings is 1. The number of benzene rings is 3. The molecule has 0 aliphatic heterocycles. The predicted octanol–water partition coefficient (Wildman–Crippen LogP) is 6.02. The second kappa shape index (κ2) is 10.4. The SMILES string of the molecule is CCc1ccc2[nH]c(=O)c(CN(CCc3ccccc3)C(=O)Nc3ccc(Cl)cc3)cc2c1. The Hall–Kier alpha value is -3.57. The molecule has 0 fully saturated rings. The van der Waals surface area contributed by atoms with Gasteiger partial charge in [-0.3, -0.25) is 4.79 Å². The second-order valence-corrected chi connectivity index (χ2v) is 8.43. The Labute approximate surface area is 198 Å². The highest BCUT2D eigenvalue weighted by Gasteiger charge is 2.17. The number of rotatable bonds is 7. The van der Waals surface area contributed by atoms with Gasteiger partial charge in [-0.05, 0) is 71.8 Å². The first-order valence-corrected chi connectivity index (χ1v) is 11.4. The largest absolute Gasteiger partial charge is 0.322 e. The summed E-state index contributed by atoms with van der Waals surface area (Å²) < 4.78 is 0. The molecule has 0 saturated carbocycles. The monoisotopic (exact) mass is 459 g/mol. The summed E-state index contributed by atoms with van der Waals surface area (Å²) in [6.45, 7) is 2.77. The van der Waals surface area contributed by atoms with Gasteiger partial charge in [0.05, 0.1) is 6.54 Å². The van der Waals surface area contributed by atoms with Crippen LogP contribution >= 0.6 is 11.6 Å². The number of hydrogen-bond donors (Lipinski definition) is 2. The zero-order valence-electron chi connectivity index (χ0n) is 18.5. The summed E-state index contributed by atoms with van der Waals surface area (Å²) in [5.41, 5.74) is 4.13. The van der Waals surface area contributed by atoms with E-state index in [-0.39, 0.29) is 18.1 Å². The van der Waals surface area contributed by atoms with E-state index in [2.05, 4.69) is 23.3 Å². The maximum absolute atomic E-state index is 13.2. The van der Waals surface area contributed by atoms with Crippen molar-refractivity contribution in [2.75, 3.05) is 11.9 Å². The lowest BCUT2D eigenvalue weighted by molar-refractivity contribution is 0.209. The number of fused-ring (bicyclic) bond motifs is 1. The number of anilines is 1. The van der Waals surface area contributed by atoms with E-state index in [9.17, 15) is 9.59 Å². The van der Waals surface area contributed by atoms with Gasteiger partial charge in [-0.15, -0.1) is 0 Å². The van der Waals surface area contributed by atoms with E-state index in [1.165, 1.54) is 5.56 Å². The molecule has 0 radical (unpaired) electrons. The lowest BCUT2D eigenvalue weighted by atomic mass is 10.1. The highest BCUT2D eigenvalue weighted by molar-refractivity contribution is 6.30. The molecule has 1 aromatic heterocycles. The third kappa shape index (κ3) is 5.82. The summed E-state index contributed by atoms with van der Waals surface area (Å²) in [7, 11) is 0. The fourth-order valence-corrected chi connectivity index (χ4v) is 3.87. The zero-order chi connectivity index (χ0) is 23.2. The average Bonchev–Trinajstić information content (AvgIpc) is 2.83. The van der Waals surface area contributed by atoms with Crippen LogP contribution in [0.4, 0.5) is 10.5 Å². The van der Waals surface area contributed by atoms with Gasteiger partial charge in [0, 0.05) is 28.3 Å². The first kappa shape index (κ1) is 22.6. The highest BCUT2D eigenvalue weighted by atomic mass is 35.5. The molecule has 168 valence electrons. The zero-order valence-corrected chi connectivity index (χ0v) is 19.2. The molecule has 33 heavy (non-hydrogen) atoms. The van der Waals surface area contributed by atoms with E-state index in [1.54, 1.807) is 29.2 Å². The van der Waals surface area contributed by atoms with Crippen molar-refractivity contribution in [2.24, 2.45) is 0 Å². The Bertz CT molecular complexity index is 1300. The first-order valence-electron chi connectivity index (χ1n) is 11.0. The fraction of sp³-hybridized carbons (Fsp3) is 0.185. The van der Waals surface area contributed by atoms with Crippen molar-refractivity contribution in [1.29, 1.82) is 0 Å². The van der Waals surface area contributed by atoms with Crippen molar-refractivity contribution >= 4 is 34.2 Å². The molecule has 2 amide bonds. The van der Waals surface area contributed by atoms with Gasteiger partial charge in [0.1, 0.15) is 0 Å². The lowest BCUT2D eigenvalue weighted by Gasteiger charge is -2.23. The number of amides is 2. The van der Waals surface area contributed by atoms with Crippen LogP contribution in [-0.2, 0) is 19.4 Å². The number of hydrogen-bond acceptors (Lipinski definition) is 2. The highest BCUT2D eigenvalue weighted by Crippen LogP contribution is 2.17. The fourth-order valence-electron chi connectivity index (χ4n) is 3.74. The third-order valence-electron chi connectivity index (χ3n) is 5.65. The molecule has 0 spiro atoms. The molecular weight excluding hydrogens is 434 g/mol. The van der Waals surface area contributed by atoms with Crippen LogP contribution in [0.5, 0.6) is 0 Å². The second-order valence-electron chi connectivity index (χ2n) is 7.99. The molecule has 1 heterocycles. The molecule has 6 heteroatoms. The van der Waals surface area contributed by atoms with Crippen molar-refractivity contribution in [3.8, 4) is 0 Å². The van der Waals surface area contributed by atoms with Crippen molar-refractivity contribution < 1.29 is 4.79 Å². The molecule has 5 nitrogen and oxygen atoms in total. The Morgan fingerprint density at radius 2 is 1.73 bits per heavy atom. The Balaban J connectivity index is 1.60. The smallest absolute Gasteiger partial charge is 0.322 e. The van der Waals surface area contributed by atoms with E-state index in [1.807, 2.05) is 48.5 Å². The van der Waals surface area contributed by atoms with Crippen LogP contribution in [0.2, 0.25) is 5.02 Å². The molecule has 0 aliphatic carbocycles. The van der Waals surface area contributed by atoms with Crippen LogP contribution in [0, 0.1) is 0 Å². The van der Waals surface area contributed by atoms with Crippen LogP contribution in [0.25, 0.3) is 10.9 Å². The summed E-state index contributed by atoms with van der Waals surface area (Å²) in [5, 5.41) is 4.48. The standard InChI is InChI=1S/C27H26ClN3O2/c1-2-19-8-13-25-21(16-19)17-22(26(32)30-25)18-31(15-14-20-6-4-3-5-7-20)27(33)29-24-11-9-23(28)10-12-24/h3-13,16-17H,2,14-15,18H2,1H3,(H,29,33)(H,30,32). The molecule has 0 saturated heterocycles. The molecule has 0 aliphatic rings. The van der Waals surface area contributed by atoms with Gasteiger partial charge in [-0.25, -0.2) is 4.79 Å². The number of carbonyl (C=O) groups excluding carboxylic acids is 1. The maximum Gasteiger partial charge on any atom is 0.322 e. The predicted molar refractivity (Wildman–Crippen MR) is 135 cm³/mol. The van der Waals surface area contributed by atoms with Gasteiger partial charge in [0.25, 0.3) is 5.56 Å². The van der Waals surface area contributed by atoms with Crippen LogP contribution in [0.15, 0.2) is 83.7 Å². The van der Waals surface area contributed by atoms with Gasteiger partial charge in [0.15, 0.2) is 0 Å². The Morgan fingerprint density at radius 1 is 0.970 bits per heavy atom. The number of nitrogens with zero attached hydrogens (tertiary/aromatic N) is 1. The summed E-state index contributed by atoms with van der Waals surface area (Å²) in [6, 6.07) is 24.6. The summed E-state index contributed by atoms with van der Waals surface area (Å²) in [6.07, 6.45) is 1.59.